The summed E-state index contributed by atoms with van der Waals surface area (Å²) in [5.74, 6) is 1.08. The zero-order valence-corrected chi connectivity index (χ0v) is 19.7. The summed E-state index contributed by atoms with van der Waals surface area (Å²) in [6, 6.07) is 23.0. The number of nitrogens with zero attached hydrogens (tertiary/aromatic N) is 3. The smallest absolute Gasteiger partial charge is 0.283 e. The molecule has 0 unspecified atom stereocenters. The van der Waals surface area contributed by atoms with E-state index in [9.17, 15) is 4.79 Å². The minimum atomic E-state index is -0.221. The topological polar surface area (TPSA) is 81.5 Å². The maximum atomic E-state index is 13.7. The second-order valence-electron chi connectivity index (χ2n) is 7.54. The summed E-state index contributed by atoms with van der Waals surface area (Å²) in [7, 11) is 3.15. The van der Waals surface area contributed by atoms with Crippen molar-refractivity contribution in [3.8, 4) is 27.9 Å². The van der Waals surface area contributed by atoms with Crippen molar-refractivity contribution in [1.82, 2.24) is 14.8 Å². The largest absolute Gasteiger partial charge is 0.493 e. The highest BCUT2D eigenvalue weighted by atomic mass is 32.1. The summed E-state index contributed by atoms with van der Waals surface area (Å²) >= 11 is 1.45. The van der Waals surface area contributed by atoms with Gasteiger partial charge in [0, 0.05) is 5.56 Å². The number of ether oxygens (including phenoxy) is 2. The van der Waals surface area contributed by atoms with Crippen molar-refractivity contribution in [3.05, 3.63) is 88.7 Å². The van der Waals surface area contributed by atoms with Crippen LogP contribution in [0, 0.1) is 0 Å². The number of para-hydroxylation sites is 2. The number of methoxy groups -OCH3 is 2. The number of thiazole rings is 1. The predicted molar refractivity (Wildman–Crippen MR) is 136 cm³/mol. The van der Waals surface area contributed by atoms with Gasteiger partial charge >= 0.3 is 0 Å². The first kappa shape index (κ1) is 21.7. The zero-order chi connectivity index (χ0) is 23.7. The van der Waals surface area contributed by atoms with Crippen LogP contribution in [0.4, 0.5) is 5.69 Å². The van der Waals surface area contributed by atoms with Gasteiger partial charge in [0.25, 0.3) is 5.56 Å². The fourth-order valence-electron chi connectivity index (χ4n) is 3.87. The maximum Gasteiger partial charge on any atom is 0.283 e. The fourth-order valence-corrected chi connectivity index (χ4v) is 4.80. The summed E-state index contributed by atoms with van der Waals surface area (Å²) in [4.78, 5) is 23.1. The normalized spacial score (nSPS) is 11.7. The monoisotopic (exact) mass is 470 g/mol. The van der Waals surface area contributed by atoms with Gasteiger partial charge in [0.05, 0.1) is 41.4 Å². The third kappa shape index (κ3) is 3.78. The molecule has 2 heterocycles. The Bertz CT molecular complexity index is 1530. The Morgan fingerprint density at radius 2 is 1.74 bits per heavy atom. The van der Waals surface area contributed by atoms with E-state index in [-0.39, 0.29) is 5.56 Å². The van der Waals surface area contributed by atoms with Gasteiger partial charge in [-0.05, 0) is 31.2 Å². The van der Waals surface area contributed by atoms with E-state index in [4.69, 9.17) is 14.5 Å². The maximum absolute atomic E-state index is 13.7. The number of benzene rings is 3. The number of aliphatic imine (C=N–C) groups is 1. The van der Waals surface area contributed by atoms with Crippen LogP contribution in [0.25, 0.3) is 26.6 Å². The van der Waals surface area contributed by atoms with Crippen molar-refractivity contribution in [2.75, 3.05) is 14.2 Å². The van der Waals surface area contributed by atoms with Gasteiger partial charge in [0.2, 0.25) is 5.13 Å². The lowest BCUT2D eigenvalue weighted by molar-refractivity contribution is 0.356. The molecule has 5 aromatic rings. The van der Waals surface area contributed by atoms with E-state index in [2.05, 4.69) is 10.1 Å². The number of aromatic amines is 1. The summed E-state index contributed by atoms with van der Waals surface area (Å²) in [5, 5.41) is 3.85. The van der Waals surface area contributed by atoms with E-state index < -0.39 is 0 Å². The van der Waals surface area contributed by atoms with Crippen molar-refractivity contribution in [2.45, 2.75) is 6.92 Å². The Morgan fingerprint density at radius 3 is 2.47 bits per heavy atom. The van der Waals surface area contributed by atoms with Crippen molar-refractivity contribution in [2.24, 2.45) is 4.99 Å². The number of nitrogens with one attached hydrogen (secondary N) is 1. The third-order valence-corrected chi connectivity index (χ3v) is 6.48. The molecule has 7 nitrogen and oxygen atoms in total. The first-order valence-corrected chi connectivity index (χ1v) is 11.5. The lowest BCUT2D eigenvalue weighted by Crippen LogP contribution is -2.19. The van der Waals surface area contributed by atoms with Gasteiger partial charge in [-0.25, -0.2) is 9.98 Å². The van der Waals surface area contributed by atoms with Crippen molar-refractivity contribution in [3.63, 3.8) is 0 Å². The van der Waals surface area contributed by atoms with Crippen molar-refractivity contribution in [1.29, 1.82) is 0 Å². The predicted octanol–water partition coefficient (Wildman–Crippen LogP) is 5.60. The number of aromatic nitrogens is 3. The summed E-state index contributed by atoms with van der Waals surface area (Å²) in [6.07, 6.45) is 0. The molecule has 0 amide bonds. The molecule has 0 bridgehead atoms. The molecule has 0 saturated heterocycles. The van der Waals surface area contributed by atoms with Gasteiger partial charge in [-0.3, -0.25) is 9.89 Å². The molecule has 0 aliphatic rings. The lowest BCUT2D eigenvalue weighted by atomic mass is 10.1. The van der Waals surface area contributed by atoms with Crippen LogP contribution in [-0.4, -0.2) is 34.7 Å². The molecule has 0 atom stereocenters. The first-order valence-electron chi connectivity index (χ1n) is 10.6. The number of hydrogen-bond donors (Lipinski definition) is 1. The Morgan fingerprint density at radius 1 is 0.971 bits per heavy atom. The van der Waals surface area contributed by atoms with Crippen molar-refractivity contribution >= 4 is 33.0 Å². The Balaban J connectivity index is 1.72. The number of hydrogen-bond acceptors (Lipinski definition) is 6. The quantitative estimate of drug-likeness (QED) is 0.328. The average Bonchev–Trinajstić information content (AvgIpc) is 3.45. The van der Waals surface area contributed by atoms with Crippen LogP contribution < -0.4 is 15.0 Å². The molecule has 34 heavy (non-hydrogen) atoms. The van der Waals surface area contributed by atoms with Crippen LogP contribution in [0.3, 0.4) is 0 Å². The van der Waals surface area contributed by atoms with E-state index in [1.165, 1.54) is 16.0 Å². The van der Waals surface area contributed by atoms with Crippen LogP contribution in [-0.2, 0) is 0 Å². The molecular weight excluding hydrogens is 448 g/mol. The van der Waals surface area contributed by atoms with Crippen LogP contribution in [0.1, 0.15) is 12.5 Å². The lowest BCUT2D eigenvalue weighted by Gasteiger charge is -2.10. The molecule has 1 N–H and O–H groups in total. The fraction of sp³-hybridized carbons (Fsp3) is 0.115. The third-order valence-electron chi connectivity index (χ3n) is 5.46. The standard InChI is InChI=1S/C26H22N4O3S/c1-16(27-19-13-9-14-20(32-2)24(19)33-3)22-23(17-10-5-4-6-11-17)29-30(25(22)31)26-28-18-12-7-8-15-21(18)34-26/h4-15,29H,1-3H3. The van der Waals surface area contributed by atoms with E-state index in [1.54, 1.807) is 20.3 Å². The Labute approximate surface area is 199 Å². The molecule has 2 aromatic heterocycles. The molecule has 0 aliphatic carbocycles. The molecular formula is C26H22N4O3S. The highest BCUT2D eigenvalue weighted by Crippen LogP contribution is 2.37. The molecule has 0 fully saturated rings. The van der Waals surface area contributed by atoms with Crippen LogP contribution in [0.5, 0.6) is 11.5 Å². The molecule has 170 valence electrons. The van der Waals surface area contributed by atoms with Gasteiger partial charge in [-0.2, -0.15) is 4.68 Å². The van der Waals surface area contributed by atoms with Crippen molar-refractivity contribution < 1.29 is 9.47 Å². The van der Waals surface area contributed by atoms with Crippen LogP contribution in [0.2, 0.25) is 0 Å². The second kappa shape index (κ2) is 8.99. The highest BCUT2D eigenvalue weighted by molar-refractivity contribution is 7.20. The van der Waals surface area contributed by atoms with Gasteiger partial charge in [-0.15, -0.1) is 0 Å². The molecule has 5 rings (SSSR count). The second-order valence-corrected chi connectivity index (χ2v) is 8.55. The van der Waals surface area contributed by atoms with Crippen LogP contribution in [0.15, 0.2) is 82.6 Å². The van der Waals surface area contributed by atoms with Gasteiger partial charge in [0.1, 0.15) is 5.69 Å². The summed E-state index contributed by atoms with van der Waals surface area (Å²) in [6.45, 7) is 1.82. The summed E-state index contributed by atoms with van der Waals surface area (Å²) in [5.41, 5.74) is 3.77. The molecule has 0 radical (unpaired) electrons. The molecule has 0 spiro atoms. The van der Waals surface area contributed by atoms with Gasteiger partial charge in [-0.1, -0.05) is 59.9 Å². The summed E-state index contributed by atoms with van der Waals surface area (Å²) < 4.78 is 13.4. The number of rotatable bonds is 6. The molecule has 8 heteroatoms. The van der Waals surface area contributed by atoms with E-state index in [1.807, 2.05) is 73.7 Å². The van der Waals surface area contributed by atoms with Gasteiger partial charge < -0.3 is 9.47 Å². The van der Waals surface area contributed by atoms with E-state index in [0.29, 0.717) is 39.3 Å². The van der Waals surface area contributed by atoms with Crippen LogP contribution >= 0.6 is 11.3 Å². The Kier molecular flexibility index (Phi) is 5.73. The molecule has 0 saturated carbocycles. The molecule has 0 aliphatic heterocycles. The minimum Gasteiger partial charge on any atom is -0.493 e. The van der Waals surface area contributed by atoms with E-state index in [0.717, 1.165) is 15.8 Å². The Hall–Kier alpha value is -4.17. The minimum absolute atomic E-state index is 0.221. The average molecular weight is 471 g/mol. The molecule has 3 aromatic carbocycles. The van der Waals surface area contributed by atoms with Gasteiger partial charge in [0.15, 0.2) is 11.5 Å². The first-order chi connectivity index (χ1) is 16.6. The highest BCUT2D eigenvalue weighted by Gasteiger charge is 2.21. The zero-order valence-electron chi connectivity index (χ0n) is 18.9. The van der Waals surface area contributed by atoms with E-state index >= 15 is 0 Å². The number of H-pyrrole nitrogens is 1. The SMILES string of the molecule is COc1cccc(N=C(C)c2c(-c3ccccc3)[nH]n(-c3nc4ccccc4s3)c2=O)c1OC. The number of fused-ring (bicyclic) bond motifs is 1.